The quantitative estimate of drug-likeness (QED) is 0.212. The predicted octanol–water partition coefficient (Wildman–Crippen LogP) is 6.02. The van der Waals surface area contributed by atoms with E-state index in [0.29, 0.717) is 6.42 Å². The Balaban J connectivity index is 3.20. The van der Waals surface area contributed by atoms with Crippen molar-refractivity contribution < 1.29 is 4.79 Å². The first kappa shape index (κ1) is 21.2. The van der Waals surface area contributed by atoms with Crippen LogP contribution < -0.4 is 5.32 Å². The van der Waals surface area contributed by atoms with Crippen molar-refractivity contribution in [3.05, 3.63) is 0 Å². The van der Waals surface area contributed by atoms with E-state index in [-0.39, 0.29) is 9.33 Å². The molecule has 0 atom stereocenters. The van der Waals surface area contributed by atoms with Crippen LogP contribution in [0.15, 0.2) is 0 Å². The zero-order valence-electron chi connectivity index (χ0n) is 14.5. The molecule has 0 saturated carbocycles. The molecule has 1 amide bonds. The van der Waals surface area contributed by atoms with Crippen molar-refractivity contribution in [1.82, 2.24) is 5.32 Å². The summed E-state index contributed by atoms with van der Waals surface area (Å²) in [5.74, 6) is 0.218. The molecular formula is C18H36INO. The molecule has 0 rings (SSSR count). The summed E-state index contributed by atoms with van der Waals surface area (Å²) in [5.41, 5.74) is 0. The van der Waals surface area contributed by atoms with E-state index < -0.39 is 0 Å². The number of carbonyl (C=O) groups excluding carboxylic acids is 1. The summed E-state index contributed by atoms with van der Waals surface area (Å²) in [5, 5.41) is 3.04. The lowest BCUT2D eigenvalue weighted by Crippen LogP contribution is -2.26. The minimum Gasteiger partial charge on any atom is -0.356 e. The van der Waals surface area contributed by atoms with Crippen molar-refractivity contribution in [2.24, 2.45) is 0 Å². The molecule has 0 aliphatic carbocycles. The van der Waals surface area contributed by atoms with Crippen LogP contribution in [0.5, 0.6) is 0 Å². The van der Waals surface area contributed by atoms with Gasteiger partial charge in [0, 0.05) is 16.4 Å². The zero-order valence-corrected chi connectivity index (χ0v) is 16.6. The maximum absolute atomic E-state index is 11.6. The van der Waals surface area contributed by atoms with Crippen molar-refractivity contribution in [2.75, 3.05) is 6.54 Å². The summed E-state index contributed by atoms with van der Waals surface area (Å²) in [6.07, 6.45) is 15.0. The first-order valence-corrected chi connectivity index (χ1v) is 9.99. The van der Waals surface area contributed by atoms with Gasteiger partial charge in [-0.2, -0.15) is 0 Å². The molecule has 1 N–H and O–H groups in total. The van der Waals surface area contributed by atoms with Gasteiger partial charge < -0.3 is 5.32 Å². The third kappa shape index (κ3) is 18.2. The number of halogens is 1. The van der Waals surface area contributed by atoms with Gasteiger partial charge in [0.25, 0.3) is 0 Å². The van der Waals surface area contributed by atoms with Gasteiger partial charge in [-0.1, -0.05) is 101 Å². The highest BCUT2D eigenvalue weighted by atomic mass is 127. The topological polar surface area (TPSA) is 29.1 Å². The second-order valence-corrected chi connectivity index (χ2v) is 9.67. The number of alkyl halides is 1. The van der Waals surface area contributed by atoms with E-state index in [4.69, 9.17) is 0 Å². The second kappa shape index (κ2) is 13.8. The van der Waals surface area contributed by atoms with Gasteiger partial charge in [0.1, 0.15) is 0 Å². The van der Waals surface area contributed by atoms with E-state index in [0.717, 1.165) is 19.4 Å². The molecule has 0 aromatic heterocycles. The Labute approximate surface area is 146 Å². The maximum Gasteiger partial charge on any atom is 0.220 e. The van der Waals surface area contributed by atoms with Gasteiger partial charge in [0.05, 0.1) is 0 Å². The molecule has 0 heterocycles. The van der Waals surface area contributed by atoms with E-state index in [1.54, 1.807) is 0 Å². The van der Waals surface area contributed by atoms with Crippen molar-refractivity contribution in [2.45, 2.75) is 101 Å². The summed E-state index contributed by atoms with van der Waals surface area (Å²) in [6.45, 7) is 7.46. The maximum atomic E-state index is 11.6. The van der Waals surface area contributed by atoms with Crippen molar-refractivity contribution >= 4 is 28.5 Å². The van der Waals surface area contributed by atoms with Crippen LogP contribution in [0.2, 0.25) is 0 Å². The molecule has 0 bridgehead atoms. The van der Waals surface area contributed by atoms with Crippen LogP contribution in [-0.4, -0.2) is 15.9 Å². The molecule has 0 fully saturated rings. The van der Waals surface area contributed by atoms with Crippen LogP contribution in [0.25, 0.3) is 0 Å². The summed E-state index contributed by atoms with van der Waals surface area (Å²) >= 11 is 2.40. The van der Waals surface area contributed by atoms with Crippen LogP contribution >= 0.6 is 22.6 Å². The lowest BCUT2D eigenvalue weighted by molar-refractivity contribution is -0.121. The van der Waals surface area contributed by atoms with Crippen LogP contribution in [0.3, 0.4) is 0 Å². The molecule has 0 aliphatic heterocycles. The average molecular weight is 409 g/mol. The first-order valence-electron chi connectivity index (χ1n) is 8.91. The van der Waals surface area contributed by atoms with Crippen molar-refractivity contribution in [3.8, 4) is 0 Å². The lowest BCUT2D eigenvalue weighted by Gasteiger charge is -2.15. The van der Waals surface area contributed by atoms with Crippen LogP contribution in [0.4, 0.5) is 0 Å². The fourth-order valence-corrected chi connectivity index (χ4v) is 2.61. The Morgan fingerprint density at radius 1 is 0.905 bits per heavy atom. The molecule has 21 heavy (non-hydrogen) atoms. The number of amides is 1. The second-order valence-electron chi connectivity index (χ2n) is 6.75. The van der Waals surface area contributed by atoms with Crippen LogP contribution in [-0.2, 0) is 4.79 Å². The molecule has 0 radical (unpaired) electrons. The van der Waals surface area contributed by atoms with E-state index in [1.807, 2.05) is 0 Å². The average Bonchev–Trinajstić information content (AvgIpc) is 2.42. The molecule has 0 aliphatic rings. The lowest BCUT2D eigenvalue weighted by atomic mass is 10.1. The van der Waals surface area contributed by atoms with Gasteiger partial charge in [0.2, 0.25) is 5.91 Å². The van der Waals surface area contributed by atoms with Gasteiger partial charge >= 0.3 is 0 Å². The Bertz CT molecular complexity index is 248. The standard InChI is InChI=1S/C18H36INO/c1-4-5-6-7-8-9-10-11-12-13-16-20-17(21)14-15-18(2,3)19/h4-16H2,1-3H3,(H,20,21). The molecular weight excluding hydrogens is 373 g/mol. The smallest absolute Gasteiger partial charge is 0.220 e. The first-order chi connectivity index (χ1) is 9.95. The van der Waals surface area contributed by atoms with Crippen molar-refractivity contribution in [3.63, 3.8) is 0 Å². The SMILES string of the molecule is CCCCCCCCCCCCNC(=O)CCC(C)(C)I. The number of hydrogen-bond donors (Lipinski definition) is 1. The highest BCUT2D eigenvalue weighted by Gasteiger charge is 2.14. The number of rotatable bonds is 14. The normalized spacial score (nSPS) is 11.6. The molecule has 0 unspecified atom stereocenters. The zero-order chi connectivity index (χ0) is 16.0. The van der Waals surface area contributed by atoms with Gasteiger partial charge in [-0.25, -0.2) is 0 Å². The molecule has 0 aromatic rings. The van der Waals surface area contributed by atoms with Crippen LogP contribution in [0.1, 0.15) is 97.8 Å². The Hall–Kier alpha value is 0.200. The molecule has 2 nitrogen and oxygen atoms in total. The minimum absolute atomic E-state index is 0.218. The van der Waals surface area contributed by atoms with Gasteiger partial charge in [0.15, 0.2) is 0 Å². The largest absolute Gasteiger partial charge is 0.356 e. The third-order valence-electron chi connectivity index (χ3n) is 3.80. The molecule has 3 heteroatoms. The molecule has 0 aromatic carbocycles. The summed E-state index contributed by atoms with van der Waals surface area (Å²) in [6, 6.07) is 0. The summed E-state index contributed by atoms with van der Waals surface area (Å²) < 4.78 is 0.228. The molecule has 126 valence electrons. The van der Waals surface area contributed by atoms with Gasteiger partial charge in [-0.3, -0.25) is 4.79 Å². The van der Waals surface area contributed by atoms with Crippen LogP contribution in [0, 0.1) is 0 Å². The van der Waals surface area contributed by atoms with Gasteiger partial charge in [-0.05, 0) is 12.8 Å². The highest BCUT2D eigenvalue weighted by molar-refractivity contribution is 14.1. The van der Waals surface area contributed by atoms with E-state index in [1.165, 1.54) is 57.8 Å². The number of hydrogen-bond acceptors (Lipinski definition) is 1. The van der Waals surface area contributed by atoms with E-state index >= 15 is 0 Å². The van der Waals surface area contributed by atoms with E-state index in [2.05, 4.69) is 48.7 Å². The summed E-state index contributed by atoms with van der Waals surface area (Å²) in [4.78, 5) is 11.6. The van der Waals surface area contributed by atoms with Crippen molar-refractivity contribution in [1.29, 1.82) is 0 Å². The fourth-order valence-electron chi connectivity index (χ4n) is 2.34. The van der Waals surface area contributed by atoms with Gasteiger partial charge in [-0.15, -0.1) is 0 Å². The highest BCUT2D eigenvalue weighted by Crippen LogP contribution is 2.22. The number of nitrogens with one attached hydrogen (secondary N) is 1. The third-order valence-corrected chi connectivity index (χ3v) is 4.34. The monoisotopic (exact) mass is 409 g/mol. The Kier molecular flexibility index (Phi) is 14.0. The summed E-state index contributed by atoms with van der Waals surface area (Å²) in [7, 11) is 0. The minimum atomic E-state index is 0.218. The molecule has 0 saturated heterocycles. The molecule has 0 spiro atoms. The predicted molar refractivity (Wildman–Crippen MR) is 102 cm³/mol. The van der Waals surface area contributed by atoms with E-state index in [9.17, 15) is 4.79 Å². The Morgan fingerprint density at radius 2 is 1.38 bits per heavy atom. The fraction of sp³-hybridized carbons (Fsp3) is 0.944. The number of carbonyl (C=O) groups is 1. The Morgan fingerprint density at radius 3 is 1.86 bits per heavy atom. The number of unbranched alkanes of at least 4 members (excludes halogenated alkanes) is 9.